The summed E-state index contributed by atoms with van der Waals surface area (Å²) in [5.41, 5.74) is 2.24. The summed E-state index contributed by atoms with van der Waals surface area (Å²) in [7, 11) is 0. The van der Waals surface area contributed by atoms with Crippen molar-refractivity contribution >= 4 is 17.6 Å². The van der Waals surface area contributed by atoms with Crippen molar-refractivity contribution in [1.29, 1.82) is 0 Å². The van der Waals surface area contributed by atoms with Gasteiger partial charge in [0.25, 0.3) is 5.91 Å². The van der Waals surface area contributed by atoms with Crippen molar-refractivity contribution in [2.75, 3.05) is 11.9 Å². The average molecular weight is 346 g/mol. The zero-order valence-electron chi connectivity index (χ0n) is 18.8. The molecule has 0 atom stereocenters. The van der Waals surface area contributed by atoms with Gasteiger partial charge in [-0.3, -0.25) is 10.0 Å². The summed E-state index contributed by atoms with van der Waals surface area (Å²) in [6.45, 7) is 2.54. The molecule has 2 rings (SSSR count). The van der Waals surface area contributed by atoms with Crippen molar-refractivity contribution in [3.63, 3.8) is 0 Å². The summed E-state index contributed by atoms with van der Waals surface area (Å²) in [5, 5.41) is 11.1. The number of carbonyl (C=O) groups excluding carboxylic acids is 2. The van der Waals surface area contributed by atoms with E-state index < -0.39 is 42.2 Å². The number of hydroxylamine groups is 1. The second kappa shape index (κ2) is 9.44. The number of nitrogens with zero attached hydrogens (tertiary/aromatic N) is 1. The van der Waals surface area contributed by atoms with Crippen LogP contribution in [-0.2, 0) is 6.54 Å². The van der Waals surface area contributed by atoms with Crippen molar-refractivity contribution in [2.45, 2.75) is 26.3 Å². The van der Waals surface area contributed by atoms with Gasteiger partial charge in [0.05, 0.1) is 6.85 Å². The third-order valence-electron chi connectivity index (χ3n) is 3.49. The normalized spacial score (nSPS) is 13.0. The topological polar surface area (TPSA) is 81.7 Å². The molecule has 0 aliphatic heterocycles. The Kier molecular flexibility index (Phi) is 4.72. The maximum Gasteiger partial charge on any atom is 0.322 e. The Balaban J connectivity index is 2.25. The van der Waals surface area contributed by atoms with Gasteiger partial charge in [-0.2, -0.15) is 0 Å². The third-order valence-corrected chi connectivity index (χ3v) is 3.49. The summed E-state index contributed by atoms with van der Waals surface area (Å²) in [5.74, 6) is -0.650. The van der Waals surface area contributed by atoms with Gasteiger partial charge in [-0.05, 0) is 36.2 Å². The Bertz CT molecular complexity index is 909. The monoisotopic (exact) mass is 346 g/mol. The minimum atomic E-state index is -0.650. The molecule has 3 N–H and O–H groups in total. The van der Waals surface area contributed by atoms with E-state index in [1.807, 2.05) is 6.92 Å². The number of hydrogen-bond donors (Lipinski definition) is 3. The number of unbranched alkanes of at least 4 members (excludes halogenated alkanes) is 1. The number of amides is 3. The molecule has 0 radical (unpaired) electrons. The summed E-state index contributed by atoms with van der Waals surface area (Å²) < 4.78 is 39.0. The molecule has 3 amide bonds. The Morgan fingerprint density at radius 3 is 2.44 bits per heavy atom. The van der Waals surface area contributed by atoms with E-state index in [4.69, 9.17) is 12.1 Å². The first-order valence-corrected chi connectivity index (χ1v) is 7.87. The predicted molar refractivity (Wildman–Crippen MR) is 96.5 cm³/mol. The van der Waals surface area contributed by atoms with Gasteiger partial charge >= 0.3 is 6.03 Å². The van der Waals surface area contributed by atoms with Gasteiger partial charge in [0.2, 0.25) is 0 Å². The molecule has 0 aromatic heterocycles. The summed E-state index contributed by atoms with van der Waals surface area (Å²) >= 11 is 0. The molecule has 0 saturated heterocycles. The van der Waals surface area contributed by atoms with Gasteiger partial charge in [-0.25, -0.2) is 10.3 Å². The molecule has 6 heteroatoms. The highest BCUT2D eigenvalue weighted by molar-refractivity contribution is 5.93. The van der Waals surface area contributed by atoms with Crippen LogP contribution in [0.5, 0.6) is 0 Å². The number of anilines is 1. The summed E-state index contributed by atoms with van der Waals surface area (Å²) in [6.07, 6.45) is 1.53. The van der Waals surface area contributed by atoms with Gasteiger partial charge in [-0.1, -0.05) is 43.6 Å². The number of nitrogens with one attached hydrogen (secondary N) is 2. The highest BCUT2D eigenvalue weighted by atomic mass is 16.5. The molecule has 0 heterocycles. The molecule has 6 nitrogen and oxygen atoms in total. The number of rotatable bonds is 7. The van der Waals surface area contributed by atoms with Crippen molar-refractivity contribution in [3.8, 4) is 0 Å². The number of benzene rings is 2. The number of hydrogen-bond acceptors (Lipinski definition) is 3. The van der Waals surface area contributed by atoms with Crippen molar-refractivity contribution in [2.24, 2.45) is 0 Å². The molecule has 132 valence electrons. The standard InChI is InChI=1S/C19H23N3O3/c1-2-3-13-22(19(24)20-17-7-5-4-6-8-17)14-15-9-11-16(12-10-15)18(23)21-25/h4-12,25H,2-3,13-14H2,1H3,(H,20,24)(H,21,23)/i4D,5D,6D,7D,8D. The van der Waals surface area contributed by atoms with Crippen LogP contribution < -0.4 is 10.8 Å². The Labute approximate surface area is 154 Å². The molecule has 2 aromatic rings. The van der Waals surface area contributed by atoms with Crippen LogP contribution in [0.15, 0.2) is 54.5 Å². The SMILES string of the molecule is [2H]c1c([2H])c([2H])c(NC(=O)N(CCCC)Cc2ccc(C(=O)NO)cc2)c([2H])c1[2H]. The first-order chi connectivity index (χ1) is 14.2. The van der Waals surface area contributed by atoms with Crippen LogP contribution in [0.25, 0.3) is 0 Å². The van der Waals surface area contributed by atoms with Crippen LogP contribution in [0.3, 0.4) is 0 Å². The molecule has 2 aromatic carbocycles. The minimum absolute atomic E-state index is 0.186. The Morgan fingerprint density at radius 1 is 1.16 bits per heavy atom. The fourth-order valence-corrected chi connectivity index (χ4v) is 2.15. The lowest BCUT2D eigenvalue weighted by atomic mass is 10.1. The maximum atomic E-state index is 12.8. The van der Waals surface area contributed by atoms with E-state index >= 15 is 0 Å². The lowest BCUT2D eigenvalue weighted by Gasteiger charge is -2.23. The first kappa shape index (κ1) is 12.5. The largest absolute Gasteiger partial charge is 0.322 e. The van der Waals surface area contributed by atoms with E-state index in [2.05, 4.69) is 5.32 Å². The Hall–Kier alpha value is -2.86. The number of carbonyl (C=O) groups is 2. The lowest BCUT2D eigenvalue weighted by Crippen LogP contribution is -2.35. The zero-order valence-corrected chi connectivity index (χ0v) is 13.8. The van der Waals surface area contributed by atoms with E-state index in [0.29, 0.717) is 13.0 Å². The van der Waals surface area contributed by atoms with Crippen molar-refractivity contribution in [3.05, 3.63) is 65.6 Å². The van der Waals surface area contributed by atoms with Crippen molar-refractivity contribution < 1.29 is 21.7 Å². The fraction of sp³-hybridized carbons (Fsp3) is 0.263. The van der Waals surface area contributed by atoms with Gasteiger partial charge in [0.1, 0.15) is 0 Å². The molecule has 0 aliphatic carbocycles. The van der Waals surface area contributed by atoms with Crippen LogP contribution in [0.1, 0.15) is 42.5 Å². The van der Waals surface area contributed by atoms with E-state index in [9.17, 15) is 9.59 Å². The molecule has 0 spiro atoms. The van der Waals surface area contributed by atoms with Crippen LogP contribution in [-0.4, -0.2) is 28.6 Å². The number of urea groups is 1. The molecule has 0 fully saturated rings. The number of para-hydroxylation sites is 1. The summed E-state index contributed by atoms with van der Waals surface area (Å²) in [4.78, 5) is 25.7. The molecule has 25 heavy (non-hydrogen) atoms. The molecular formula is C19H23N3O3. The molecule has 0 aliphatic rings. The summed E-state index contributed by atoms with van der Waals surface area (Å²) in [6, 6.07) is 3.15. The quantitative estimate of drug-likeness (QED) is 0.529. The van der Waals surface area contributed by atoms with Crippen LogP contribution in [0, 0.1) is 0 Å². The molecule has 0 saturated carbocycles. The Morgan fingerprint density at radius 2 is 1.84 bits per heavy atom. The van der Waals surface area contributed by atoms with Gasteiger partial charge in [0.15, 0.2) is 0 Å². The molecule has 0 unspecified atom stereocenters. The van der Waals surface area contributed by atoms with E-state index in [-0.39, 0.29) is 17.8 Å². The van der Waals surface area contributed by atoms with Gasteiger partial charge in [0, 0.05) is 24.3 Å². The van der Waals surface area contributed by atoms with Crippen LogP contribution in [0.4, 0.5) is 10.5 Å². The third kappa shape index (κ3) is 5.61. The predicted octanol–water partition coefficient (Wildman–Crippen LogP) is 3.64. The first-order valence-electron chi connectivity index (χ1n) is 10.4. The molecular weight excluding hydrogens is 318 g/mol. The smallest absolute Gasteiger partial charge is 0.320 e. The fourth-order valence-electron chi connectivity index (χ4n) is 2.15. The second-order valence-corrected chi connectivity index (χ2v) is 5.34. The highest BCUT2D eigenvalue weighted by Crippen LogP contribution is 2.12. The zero-order chi connectivity index (χ0) is 22.4. The second-order valence-electron chi connectivity index (χ2n) is 5.34. The van der Waals surface area contributed by atoms with Crippen molar-refractivity contribution in [1.82, 2.24) is 10.4 Å². The van der Waals surface area contributed by atoms with E-state index in [0.717, 1.165) is 12.0 Å². The van der Waals surface area contributed by atoms with Gasteiger partial charge < -0.3 is 10.2 Å². The van der Waals surface area contributed by atoms with Crippen LogP contribution in [0.2, 0.25) is 0 Å². The molecule has 0 bridgehead atoms. The van der Waals surface area contributed by atoms with E-state index in [1.165, 1.54) is 17.0 Å². The highest BCUT2D eigenvalue weighted by Gasteiger charge is 2.14. The van der Waals surface area contributed by atoms with E-state index in [1.54, 1.807) is 17.6 Å². The maximum absolute atomic E-state index is 12.8. The lowest BCUT2D eigenvalue weighted by molar-refractivity contribution is 0.0706. The minimum Gasteiger partial charge on any atom is -0.320 e. The van der Waals surface area contributed by atoms with Gasteiger partial charge in [-0.15, -0.1) is 0 Å². The van der Waals surface area contributed by atoms with Crippen LogP contribution >= 0.6 is 0 Å². The average Bonchev–Trinajstić information content (AvgIpc) is 2.76.